The van der Waals surface area contributed by atoms with Crippen LogP contribution >= 0.6 is 92.2 Å². The van der Waals surface area contributed by atoms with Gasteiger partial charge in [0.1, 0.15) is 27.9 Å². The number of nitrogens with zero attached hydrogens (tertiary/aromatic N) is 10. The summed E-state index contributed by atoms with van der Waals surface area (Å²) in [6.45, 7) is 10.3. The highest BCUT2D eigenvalue weighted by molar-refractivity contribution is 14.1. The van der Waals surface area contributed by atoms with Gasteiger partial charge in [-0.15, -0.1) is 11.6 Å². The third kappa shape index (κ3) is 15.2. The van der Waals surface area contributed by atoms with E-state index in [-0.39, 0.29) is 36.8 Å². The number of aromatic amines is 1. The lowest BCUT2D eigenvalue weighted by atomic mass is 10.2. The van der Waals surface area contributed by atoms with E-state index in [4.69, 9.17) is 69.6 Å². The minimum atomic E-state index is 0. The molecule has 0 radical (unpaired) electrons. The van der Waals surface area contributed by atoms with Crippen molar-refractivity contribution in [3.63, 3.8) is 0 Å². The predicted molar refractivity (Wildman–Crippen MR) is 285 cm³/mol. The Labute approximate surface area is 438 Å². The highest BCUT2D eigenvalue weighted by Crippen LogP contribution is 2.26. The largest absolute Gasteiger partial charge is 0.368 e. The molecule has 0 atom stereocenters. The molecule has 7 aromatic rings. The number of H-pyrrole nitrogens is 1. The number of halogens is 7. The SMILES string of the molecule is C.Cc1cc(N2CCN(C(=O)CCl)CC2)ccc1Cl.Cc1cc(N2CCN(C(=O)Cn3cc4c(Cl)nccc4n3)CC2)ccc1Cl.Clc1nccc2[nH]ncc12.NN.O=Cc1c(I)ccnc1Cl. The fourth-order valence-corrected chi connectivity index (χ4v) is 8.53. The highest BCUT2D eigenvalue weighted by atomic mass is 127. The van der Waals surface area contributed by atoms with Crippen molar-refractivity contribution in [2.75, 3.05) is 68.0 Å². The molecule has 9 rings (SSSR count). The summed E-state index contributed by atoms with van der Waals surface area (Å²) in [6.07, 6.45) is 8.96. The minimum Gasteiger partial charge on any atom is -0.368 e. The number of rotatable bonds is 6. The van der Waals surface area contributed by atoms with Crippen molar-refractivity contribution < 1.29 is 14.4 Å². The molecular formula is C45H50Cl6IN13O3. The molecule has 2 aliphatic rings. The summed E-state index contributed by atoms with van der Waals surface area (Å²) in [5.74, 6) is 8.14. The molecule has 2 saturated heterocycles. The van der Waals surface area contributed by atoms with Crippen molar-refractivity contribution in [2.24, 2.45) is 11.7 Å². The summed E-state index contributed by atoms with van der Waals surface area (Å²) >= 11 is 37.1. The quantitative estimate of drug-likeness (QED) is 0.0357. The Balaban J connectivity index is 0.000000211. The van der Waals surface area contributed by atoms with E-state index >= 15 is 0 Å². The van der Waals surface area contributed by atoms with Gasteiger partial charge in [0, 0.05) is 102 Å². The molecule has 0 bridgehead atoms. The maximum atomic E-state index is 12.7. The number of pyridine rings is 3. The second-order valence-corrected chi connectivity index (χ2v) is 18.0. The smallest absolute Gasteiger partial charge is 0.244 e. The van der Waals surface area contributed by atoms with Gasteiger partial charge in [0.2, 0.25) is 11.8 Å². The summed E-state index contributed by atoms with van der Waals surface area (Å²) in [5, 5.41) is 15.4. The monoisotopic (exact) mass is 1160 g/mol. The number of piperazine rings is 2. The van der Waals surface area contributed by atoms with Crippen LogP contribution in [0.15, 0.2) is 85.6 Å². The van der Waals surface area contributed by atoms with E-state index in [2.05, 4.69) is 63.9 Å². The summed E-state index contributed by atoms with van der Waals surface area (Å²) in [5.41, 5.74) is 6.56. The van der Waals surface area contributed by atoms with Gasteiger partial charge in [-0.1, -0.05) is 65.4 Å². The van der Waals surface area contributed by atoms with E-state index in [1.807, 2.05) is 76.6 Å². The molecule has 0 spiro atoms. The lowest BCUT2D eigenvalue weighted by Gasteiger charge is -2.36. The van der Waals surface area contributed by atoms with Crippen LogP contribution in [0.1, 0.15) is 28.9 Å². The Morgan fingerprint density at radius 1 is 0.706 bits per heavy atom. The average molecular weight is 1160 g/mol. The van der Waals surface area contributed by atoms with Crippen LogP contribution in [0.5, 0.6) is 0 Å². The molecule has 362 valence electrons. The number of nitrogens with two attached hydrogens (primary N) is 2. The molecule has 0 unspecified atom stereocenters. The van der Waals surface area contributed by atoms with E-state index in [1.54, 1.807) is 47.8 Å². The number of aromatic nitrogens is 7. The highest BCUT2D eigenvalue weighted by Gasteiger charge is 2.23. The number of hydrogen-bond donors (Lipinski definition) is 3. The number of aldehydes is 1. The van der Waals surface area contributed by atoms with Crippen molar-refractivity contribution in [3.8, 4) is 0 Å². The van der Waals surface area contributed by atoms with E-state index in [1.165, 1.54) is 0 Å². The number of nitrogens with one attached hydrogen (secondary N) is 1. The second-order valence-electron chi connectivity index (χ2n) is 14.6. The Morgan fingerprint density at radius 3 is 1.68 bits per heavy atom. The van der Waals surface area contributed by atoms with Crippen LogP contribution in [0, 0.1) is 17.4 Å². The number of aryl methyl sites for hydroxylation is 2. The molecule has 7 heterocycles. The number of hydrogen-bond acceptors (Lipinski definition) is 12. The molecule has 2 aliphatic heterocycles. The second kappa shape index (κ2) is 27.6. The molecule has 5 N–H and O–H groups in total. The van der Waals surface area contributed by atoms with Crippen LogP contribution in [-0.2, 0) is 16.1 Å². The number of fused-ring (bicyclic) bond motifs is 2. The fraction of sp³-hybridized carbons (Fsp3) is 0.289. The summed E-state index contributed by atoms with van der Waals surface area (Å²) in [4.78, 5) is 54.3. The topological polar surface area (TPSA) is 201 Å². The minimum absolute atomic E-state index is 0. The van der Waals surface area contributed by atoms with Crippen LogP contribution in [0.4, 0.5) is 11.4 Å². The summed E-state index contributed by atoms with van der Waals surface area (Å²) < 4.78 is 2.46. The van der Waals surface area contributed by atoms with Gasteiger partial charge in [0.25, 0.3) is 0 Å². The standard InChI is InChI=1S/C19H19Cl2N5O.C13H16Cl2N2O.C6H3ClINO.C6H4ClN3.CH4.H4N2/c1-13-10-14(2-3-16(13)20)24-6-8-25(9-7-24)18(27)12-26-11-15-17(23-26)4-5-22-19(15)21;1-10-8-11(2-3-12(10)15)16-4-6-17(7-5-16)13(18)9-14;7-6-4(3-10)5(8)1-2-9-6;7-6-4-3-9-10-5(4)1-2-8-6;;1-2/h2-5,10-11H,6-9,12H2,1H3;2-3,8H,4-7,9H2,1H3;1-3H;1-3H,(H,9,10);1H4;1-2H2. The maximum Gasteiger partial charge on any atom is 0.244 e. The predicted octanol–water partition coefficient (Wildman–Crippen LogP) is 9.15. The van der Waals surface area contributed by atoms with Crippen molar-refractivity contribution in [2.45, 2.75) is 27.8 Å². The van der Waals surface area contributed by atoms with Gasteiger partial charge in [-0.25, -0.2) is 15.0 Å². The fourth-order valence-electron chi connectivity index (χ4n) is 6.81. The molecule has 2 aromatic carbocycles. The molecular weight excluding hydrogens is 1110 g/mol. The molecule has 5 aromatic heterocycles. The average Bonchev–Trinajstić information content (AvgIpc) is 4.01. The number of anilines is 2. The number of benzene rings is 2. The van der Waals surface area contributed by atoms with Gasteiger partial charge in [-0.3, -0.25) is 35.8 Å². The first-order chi connectivity index (χ1) is 32.3. The first kappa shape index (κ1) is 56.0. The Morgan fingerprint density at radius 2 is 1.21 bits per heavy atom. The molecule has 2 amide bonds. The van der Waals surface area contributed by atoms with Crippen molar-refractivity contribution in [1.82, 2.24) is 44.7 Å². The van der Waals surface area contributed by atoms with Crippen LogP contribution in [-0.4, -0.2) is 121 Å². The van der Waals surface area contributed by atoms with Gasteiger partial charge in [0.15, 0.2) is 6.29 Å². The molecule has 23 heteroatoms. The first-order valence-corrected chi connectivity index (χ1v) is 23.9. The number of amides is 2. The van der Waals surface area contributed by atoms with Gasteiger partial charge < -0.3 is 19.6 Å². The van der Waals surface area contributed by atoms with Gasteiger partial charge in [-0.05, 0) is 102 Å². The Bertz CT molecular complexity index is 2740. The lowest BCUT2D eigenvalue weighted by molar-refractivity contribution is -0.132. The van der Waals surface area contributed by atoms with E-state index in [9.17, 15) is 14.4 Å². The van der Waals surface area contributed by atoms with Crippen molar-refractivity contribution in [1.29, 1.82) is 0 Å². The van der Waals surface area contributed by atoms with Crippen molar-refractivity contribution in [3.05, 3.63) is 131 Å². The Kier molecular flexibility index (Phi) is 22.7. The van der Waals surface area contributed by atoms with Crippen LogP contribution in [0.3, 0.4) is 0 Å². The van der Waals surface area contributed by atoms with Crippen LogP contribution < -0.4 is 21.5 Å². The van der Waals surface area contributed by atoms with Gasteiger partial charge in [-0.2, -0.15) is 10.2 Å². The normalized spacial score (nSPS) is 13.1. The van der Waals surface area contributed by atoms with Crippen LogP contribution in [0.2, 0.25) is 25.5 Å². The number of carbonyl (C=O) groups is 3. The van der Waals surface area contributed by atoms with Gasteiger partial charge >= 0.3 is 0 Å². The molecule has 0 saturated carbocycles. The zero-order valence-electron chi connectivity index (χ0n) is 36.2. The number of hydrazine groups is 1. The van der Waals surface area contributed by atoms with E-state index < -0.39 is 0 Å². The summed E-state index contributed by atoms with van der Waals surface area (Å²) in [7, 11) is 0. The third-order valence-electron chi connectivity index (χ3n) is 10.4. The van der Waals surface area contributed by atoms with Crippen LogP contribution in [0.25, 0.3) is 21.8 Å². The zero-order valence-corrected chi connectivity index (χ0v) is 42.9. The van der Waals surface area contributed by atoms with E-state index in [0.29, 0.717) is 35.2 Å². The van der Waals surface area contributed by atoms with Crippen molar-refractivity contribution >= 4 is 143 Å². The molecule has 68 heavy (non-hydrogen) atoms. The Hall–Kier alpha value is -4.57. The number of alkyl halides is 1. The molecule has 16 nitrogen and oxygen atoms in total. The lowest BCUT2D eigenvalue weighted by Crippen LogP contribution is -2.49. The maximum absolute atomic E-state index is 12.7. The third-order valence-corrected chi connectivity index (χ3v) is 13.4. The first-order valence-electron chi connectivity index (χ1n) is 20.4. The molecule has 2 fully saturated rings. The van der Waals surface area contributed by atoms with E-state index in [0.717, 1.165) is 97.2 Å². The van der Waals surface area contributed by atoms with Gasteiger partial charge in [0.05, 0.1) is 33.6 Å². The molecule has 0 aliphatic carbocycles. The summed E-state index contributed by atoms with van der Waals surface area (Å²) in [6, 6.07) is 17.4. The zero-order chi connectivity index (χ0) is 48.6. The number of carbonyl (C=O) groups excluding carboxylic acids is 3.